The van der Waals surface area contributed by atoms with Gasteiger partial charge < -0.3 is 15.2 Å². The van der Waals surface area contributed by atoms with Crippen LogP contribution in [0.5, 0.6) is 0 Å². The second-order valence-corrected chi connectivity index (χ2v) is 5.75. The van der Waals surface area contributed by atoms with E-state index in [1.165, 1.54) is 17.8 Å². The number of rotatable bonds is 10. The lowest BCUT2D eigenvalue weighted by atomic mass is 10.2. The Morgan fingerprint density at radius 3 is 2.79 bits per heavy atom. The van der Waals surface area contributed by atoms with Crippen molar-refractivity contribution >= 4 is 17.3 Å². The summed E-state index contributed by atoms with van der Waals surface area (Å²) in [5.41, 5.74) is 1.08. The van der Waals surface area contributed by atoms with E-state index in [1.54, 1.807) is 6.07 Å². The highest BCUT2D eigenvalue weighted by Crippen LogP contribution is 2.21. The second kappa shape index (κ2) is 9.07. The van der Waals surface area contributed by atoms with Gasteiger partial charge in [-0.3, -0.25) is 0 Å². The fourth-order valence-corrected chi connectivity index (χ4v) is 2.55. The van der Waals surface area contributed by atoms with Gasteiger partial charge in [-0.05, 0) is 37.9 Å². The van der Waals surface area contributed by atoms with Crippen molar-refractivity contribution in [2.45, 2.75) is 39.7 Å². The number of hydrogen-bond donors (Lipinski definition) is 2. The molecule has 0 amide bonds. The van der Waals surface area contributed by atoms with Gasteiger partial charge in [0.25, 0.3) is 0 Å². The average molecular weight is 285 g/mol. The molecule has 108 valence electrons. The molecule has 1 aromatic heterocycles. The maximum Gasteiger partial charge on any atom is 0.345 e. The number of carboxylic acids is 1. The molecule has 0 aliphatic rings. The molecule has 0 spiro atoms. The van der Waals surface area contributed by atoms with Gasteiger partial charge in [-0.15, -0.1) is 11.3 Å². The van der Waals surface area contributed by atoms with E-state index in [-0.39, 0.29) is 0 Å². The number of nitrogens with one attached hydrogen (secondary N) is 1. The first kappa shape index (κ1) is 16.1. The highest BCUT2D eigenvalue weighted by atomic mass is 32.1. The van der Waals surface area contributed by atoms with Crippen molar-refractivity contribution in [1.29, 1.82) is 0 Å². The van der Waals surface area contributed by atoms with E-state index in [2.05, 4.69) is 12.2 Å². The number of unbranched alkanes of at least 4 members (excludes halogenated alkanes) is 1. The van der Waals surface area contributed by atoms with Crippen LogP contribution in [0.3, 0.4) is 0 Å². The second-order valence-electron chi connectivity index (χ2n) is 4.49. The SMILES string of the molecule is CCCCOCCCNCc1cc(C(=O)O)sc1C. The van der Waals surface area contributed by atoms with Gasteiger partial charge in [0.05, 0.1) is 0 Å². The lowest BCUT2D eigenvalue weighted by molar-refractivity contribution is 0.0702. The van der Waals surface area contributed by atoms with E-state index in [0.29, 0.717) is 4.88 Å². The molecule has 0 radical (unpaired) electrons. The third-order valence-electron chi connectivity index (χ3n) is 2.83. The van der Waals surface area contributed by atoms with Gasteiger partial charge in [-0.25, -0.2) is 4.79 Å². The predicted octanol–water partition coefficient (Wildman–Crippen LogP) is 3.05. The minimum absolute atomic E-state index is 0.414. The summed E-state index contributed by atoms with van der Waals surface area (Å²) in [4.78, 5) is 12.3. The third-order valence-corrected chi connectivity index (χ3v) is 3.91. The minimum atomic E-state index is -0.844. The molecule has 0 fully saturated rings. The highest BCUT2D eigenvalue weighted by molar-refractivity contribution is 7.14. The number of hydrogen-bond acceptors (Lipinski definition) is 4. The monoisotopic (exact) mass is 285 g/mol. The normalized spacial score (nSPS) is 10.8. The Morgan fingerprint density at radius 1 is 1.42 bits per heavy atom. The van der Waals surface area contributed by atoms with Crippen molar-refractivity contribution in [2.24, 2.45) is 0 Å². The predicted molar refractivity (Wildman–Crippen MR) is 78.1 cm³/mol. The summed E-state index contributed by atoms with van der Waals surface area (Å²) < 4.78 is 5.47. The van der Waals surface area contributed by atoms with Gasteiger partial charge in [-0.1, -0.05) is 13.3 Å². The Balaban J connectivity index is 2.14. The van der Waals surface area contributed by atoms with Crippen LogP contribution >= 0.6 is 11.3 Å². The van der Waals surface area contributed by atoms with Crippen LogP contribution < -0.4 is 5.32 Å². The zero-order valence-corrected chi connectivity index (χ0v) is 12.5. The highest BCUT2D eigenvalue weighted by Gasteiger charge is 2.10. The molecule has 1 aromatic rings. The number of carboxylic acid groups (broad SMARTS) is 1. The van der Waals surface area contributed by atoms with Crippen LogP contribution in [0, 0.1) is 6.92 Å². The van der Waals surface area contributed by atoms with Crippen LogP contribution in [-0.4, -0.2) is 30.8 Å². The number of ether oxygens (including phenoxy) is 1. The van der Waals surface area contributed by atoms with E-state index in [1.807, 2.05) is 6.92 Å². The molecule has 0 saturated carbocycles. The summed E-state index contributed by atoms with van der Waals surface area (Å²) in [6, 6.07) is 1.76. The molecule has 0 bridgehead atoms. The van der Waals surface area contributed by atoms with Crippen molar-refractivity contribution < 1.29 is 14.6 Å². The van der Waals surface area contributed by atoms with Gasteiger partial charge in [0, 0.05) is 24.6 Å². The Labute approximate surface area is 118 Å². The number of aryl methyl sites for hydroxylation is 1. The Kier molecular flexibility index (Phi) is 7.70. The maximum absolute atomic E-state index is 10.8. The van der Waals surface area contributed by atoms with Crippen molar-refractivity contribution in [3.05, 3.63) is 21.4 Å². The summed E-state index contributed by atoms with van der Waals surface area (Å²) in [7, 11) is 0. The smallest absolute Gasteiger partial charge is 0.345 e. The van der Waals surface area contributed by atoms with Crippen LogP contribution in [-0.2, 0) is 11.3 Å². The van der Waals surface area contributed by atoms with E-state index in [9.17, 15) is 4.79 Å². The maximum atomic E-state index is 10.8. The number of thiophene rings is 1. The van der Waals surface area contributed by atoms with Crippen molar-refractivity contribution in [3.63, 3.8) is 0 Å². The molecule has 0 unspecified atom stereocenters. The first-order chi connectivity index (χ1) is 9.15. The summed E-state index contributed by atoms with van der Waals surface area (Å²) in [5.74, 6) is -0.844. The molecule has 0 aliphatic carbocycles. The van der Waals surface area contributed by atoms with E-state index < -0.39 is 5.97 Å². The zero-order chi connectivity index (χ0) is 14.1. The van der Waals surface area contributed by atoms with Crippen molar-refractivity contribution in [1.82, 2.24) is 5.32 Å². The van der Waals surface area contributed by atoms with Crippen LogP contribution in [0.4, 0.5) is 0 Å². The first-order valence-electron chi connectivity index (χ1n) is 6.76. The quantitative estimate of drug-likeness (QED) is 0.649. The van der Waals surface area contributed by atoms with Gasteiger partial charge in [0.15, 0.2) is 0 Å². The molecule has 1 heterocycles. The molecular formula is C14H23NO3S. The number of carbonyl (C=O) groups is 1. The van der Waals surface area contributed by atoms with Gasteiger partial charge >= 0.3 is 5.97 Å². The fraction of sp³-hybridized carbons (Fsp3) is 0.643. The van der Waals surface area contributed by atoms with E-state index in [0.717, 1.165) is 49.6 Å². The van der Waals surface area contributed by atoms with Gasteiger partial charge in [0.1, 0.15) is 4.88 Å². The van der Waals surface area contributed by atoms with Crippen molar-refractivity contribution in [3.8, 4) is 0 Å². The minimum Gasteiger partial charge on any atom is -0.477 e. The van der Waals surface area contributed by atoms with Crippen LogP contribution in [0.15, 0.2) is 6.07 Å². The molecule has 0 aromatic carbocycles. The summed E-state index contributed by atoms with van der Waals surface area (Å²) in [6.45, 7) is 7.37. The fourth-order valence-electron chi connectivity index (χ4n) is 1.67. The summed E-state index contributed by atoms with van der Waals surface area (Å²) in [6.07, 6.45) is 3.28. The van der Waals surface area contributed by atoms with Gasteiger partial charge in [-0.2, -0.15) is 0 Å². The molecule has 1 rings (SSSR count). The van der Waals surface area contributed by atoms with E-state index in [4.69, 9.17) is 9.84 Å². The Bertz CT molecular complexity index is 390. The standard InChI is InChI=1S/C14H23NO3S/c1-3-4-7-18-8-5-6-15-10-12-9-13(14(16)17)19-11(12)2/h9,15H,3-8,10H2,1-2H3,(H,16,17). The zero-order valence-electron chi connectivity index (χ0n) is 11.7. The van der Waals surface area contributed by atoms with Crippen molar-refractivity contribution in [2.75, 3.05) is 19.8 Å². The number of aromatic carboxylic acids is 1. The molecule has 4 nitrogen and oxygen atoms in total. The molecule has 2 N–H and O–H groups in total. The molecule has 0 aliphatic heterocycles. The largest absolute Gasteiger partial charge is 0.477 e. The first-order valence-corrected chi connectivity index (χ1v) is 7.57. The third kappa shape index (κ3) is 6.18. The lowest BCUT2D eigenvalue weighted by Gasteiger charge is -2.05. The Morgan fingerprint density at radius 2 is 2.16 bits per heavy atom. The van der Waals surface area contributed by atoms with Crippen LogP contribution in [0.2, 0.25) is 0 Å². The molecular weight excluding hydrogens is 262 g/mol. The Hall–Kier alpha value is -0.910. The molecule has 0 atom stereocenters. The lowest BCUT2D eigenvalue weighted by Crippen LogP contribution is -2.16. The summed E-state index contributed by atoms with van der Waals surface area (Å²) in [5, 5.41) is 12.2. The van der Waals surface area contributed by atoms with Crippen LogP contribution in [0.25, 0.3) is 0 Å². The molecule has 0 saturated heterocycles. The topological polar surface area (TPSA) is 58.6 Å². The van der Waals surface area contributed by atoms with Crippen LogP contribution in [0.1, 0.15) is 46.3 Å². The molecule has 5 heteroatoms. The van der Waals surface area contributed by atoms with Gasteiger partial charge in [0.2, 0.25) is 0 Å². The summed E-state index contributed by atoms with van der Waals surface area (Å²) >= 11 is 1.34. The average Bonchev–Trinajstić information content (AvgIpc) is 2.74. The van der Waals surface area contributed by atoms with E-state index >= 15 is 0 Å². The molecule has 19 heavy (non-hydrogen) atoms.